The molecule has 0 saturated heterocycles. The number of benzene rings is 1. The fraction of sp³-hybridized carbons (Fsp3) is 0.381. The van der Waals surface area contributed by atoms with Crippen molar-refractivity contribution in [2.45, 2.75) is 47.6 Å². The van der Waals surface area contributed by atoms with E-state index in [1.54, 1.807) is 19.1 Å². The lowest BCUT2D eigenvalue weighted by Gasteiger charge is -2.16. The van der Waals surface area contributed by atoms with Crippen LogP contribution in [0.3, 0.4) is 0 Å². The zero-order valence-corrected chi connectivity index (χ0v) is 17.8. The number of rotatable bonds is 5. The number of carbonyl (C=O) groups excluding carboxylic acids is 3. The zero-order chi connectivity index (χ0) is 21.1. The molecule has 0 radical (unpaired) electrons. The molecule has 1 heterocycles. The highest BCUT2D eigenvalue weighted by molar-refractivity contribution is 7.18. The SMILES string of the molecule is Cc1ccccc1NC(=O)C(C)OC(=O)c1sc(NC(=O)C(C)(C)C)cc1C. The Morgan fingerprint density at radius 1 is 1.04 bits per heavy atom. The second-order valence-corrected chi connectivity index (χ2v) is 8.73. The van der Waals surface area contributed by atoms with Gasteiger partial charge in [0.05, 0.1) is 5.00 Å². The Kier molecular flexibility index (Phi) is 6.61. The molecular formula is C21H26N2O4S. The molecule has 6 nitrogen and oxygen atoms in total. The van der Waals surface area contributed by atoms with E-state index in [1.165, 1.54) is 6.92 Å². The summed E-state index contributed by atoms with van der Waals surface area (Å²) in [6.07, 6.45) is -0.957. The first-order chi connectivity index (χ1) is 13.0. The van der Waals surface area contributed by atoms with Crippen LogP contribution in [-0.4, -0.2) is 23.9 Å². The predicted molar refractivity (Wildman–Crippen MR) is 112 cm³/mol. The van der Waals surface area contributed by atoms with Gasteiger partial charge in [0, 0.05) is 11.1 Å². The Morgan fingerprint density at radius 2 is 1.68 bits per heavy atom. The average Bonchev–Trinajstić information content (AvgIpc) is 2.96. The summed E-state index contributed by atoms with van der Waals surface area (Å²) in [5.41, 5.74) is 1.74. The molecule has 0 bridgehead atoms. The van der Waals surface area contributed by atoms with Crippen molar-refractivity contribution in [3.05, 3.63) is 46.3 Å². The standard InChI is InChI=1S/C21H26N2O4S/c1-12-9-7-8-10-15(12)22-18(24)14(3)27-19(25)17-13(2)11-16(28-17)23-20(26)21(4,5)6/h7-11,14H,1-6H3,(H,22,24)(H,23,26). The van der Waals surface area contributed by atoms with Crippen LogP contribution in [0.2, 0.25) is 0 Å². The summed E-state index contributed by atoms with van der Waals surface area (Å²) in [5, 5.41) is 6.14. The number of ether oxygens (including phenoxy) is 1. The summed E-state index contributed by atoms with van der Waals surface area (Å²) < 4.78 is 5.32. The van der Waals surface area contributed by atoms with E-state index in [0.29, 0.717) is 21.1 Å². The fourth-order valence-electron chi connectivity index (χ4n) is 2.26. The molecule has 28 heavy (non-hydrogen) atoms. The van der Waals surface area contributed by atoms with Gasteiger partial charge in [0.2, 0.25) is 5.91 Å². The number of esters is 1. The van der Waals surface area contributed by atoms with Gasteiger partial charge in [0.1, 0.15) is 4.88 Å². The van der Waals surface area contributed by atoms with Crippen molar-refractivity contribution in [2.75, 3.05) is 10.6 Å². The van der Waals surface area contributed by atoms with Crippen LogP contribution >= 0.6 is 11.3 Å². The summed E-state index contributed by atoms with van der Waals surface area (Å²) in [7, 11) is 0. The largest absolute Gasteiger partial charge is 0.448 e. The van der Waals surface area contributed by atoms with Crippen LogP contribution < -0.4 is 10.6 Å². The van der Waals surface area contributed by atoms with E-state index >= 15 is 0 Å². The number of para-hydroxylation sites is 1. The van der Waals surface area contributed by atoms with Crippen molar-refractivity contribution >= 4 is 39.8 Å². The minimum absolute atomic E-state index is 0.139. The van der Waals surface area contributed by atoms with Gasteiger partial charge in [-0.3, -0.25) is 9.59 Å². The molecule has 0 aliphatic rings. The summed E-state index contributed by atoms with van der Waals surface area (Å²) in [5.74, 6) is -1.14. The Bertz CT molecular complexity index is 896. The first-order valence-corrected chi connectivity index (χ1v) is 9.80. The van der Waals surface area contributed by atoms with Crippen molar-refractivity contribution in [3.8, 4) is 0 Å². The Labute approximate surface area is 169 Å². The second kappa shape index (κ2) is 8.56. The highest BCUT2D eigenvalue weighted by Gasteiger charge is 2.25. The normalized spacial score (nSPS) is 12.2. The molecule has 0 aliphatic carbocycles. The summed E-state index contributed by atoms with van der Waals surface area (Å²) >= 11 is 1.13. The van der Waals surface area contributed by atoms with Crippen molar-refractivity contribution in [2.24, 2.45) is 5.41 Å². The topological polar surface area (TPSA) is 84.5 Å². The molecular weight excluding hydrogens is 376 g/mol. The maximum absolute atomic E-state index is 12.5. The summed E-state index contributed by atoms with van der Waals surface area (Å²) in [6, 6.07) is 9.10. The zero-order valence-electron chi connectivity index (χ0n) is 17.0. The maximum atomic E-state index is 12.5. The van der Waals surface area contributed by atoms with Crippen LogP contribution in [0.4, 0.5) is 10.7 Å². The van der Waals surface area contributed by atoms with Gasteiger partial charge in [-0.2, -0.15) is 0 Å². The molecule has 0 aliphatic heterocycles. The molecule has 1 unspecified atom stereocenters. The molecule has 1 aromatic carbocycles. The van der Waals surface area contributed by atoms with Gasteiger partial charge in [0.15, 0.2) is 6.10 Å². The Hall–Kier alpha value is -2.67. The molecule has 0 spiro atoms. The number of thiophene rings is 1. The molecule has 0 saturated carbocycles. The lowest BCUT2D eigenvalue weighted by Crippen LogP contribution is -2.30. The van der Waals surface area contributed by atoms with E-state index in [4.69, 9.17) is 4.74 Å². The van der Waals surface area contributed by atoms with Crippen LogP contribution in [0.5, 0.6) is 0 Å². The highest BCUT2D eigenvalue weighted by Crippen LogP contribution is 2.29. The number of anilines is 2. The minimum atomic E-state index is -0.957. The lowest BCUT2D eigenvalue weighted by molar-refractivity contribution is -0.124. The molecule has 2 N–H and O–H groups in total. The predicted octanol–water partition coefficient (Wildman–Crippen LogP) is 4.53. The second-order valence-electron chi connectivity index (χ2n) is 7.68. The van der Waals surface area contributed by atoms with E-state index < -0.39 is 23.4 Å². The van der Waals surface area contributed by atoms with Crippen LogP contribution in [0.25, 0.3) is 0 Å². The molecule has 1 atom stereocenters. The molecule has 0 fully saturated rings. The number of hydrogen-bond acceptors (Lipinski definition) is 5. The summed E-state index contributed by atoms with van der Waals surface area (Å²) in [6.45, 7) is 10.6. The fourth-order valence-corrected chi connectivity index (χ4v) is 3.21. The van der Waals surface area contributed by atoms with Gasteiger partial charge >= 0.3 is 5.97 Å². The quantitative estimate of drug-likeness (QED) is 0.720. The lowest BCUT2D eigenvalue weighted by atomic mass is 9.96. The number of nitrogens with one attached hydrogen (secondary N) is 2. The van der Waals surface area contributed by atoms with Crippen molar-refractivity contribution in [1.29, 1.82) is 0 Å². The van der Waals surface area contributed by atoms with Gasteiger partial charge < -0.3 is 15.4 Å². The number of amides is 2. The van der Waals surface area contributed by atoms with E-state index in [9.17, 15) is 14.4 Å². The molecule has 2 rings (SSSR count). The molecule has 2 amide bonds. The number of aryl methyl sites for hydroxylation is 2. The van der Waals surface area contributed by atoms with Crippen LogP contribution in [0.1, 0.15) is 48.5 Å². The van der Waals surface area contributed by atoms with Crippen LogP contribution in [0.15, 0.2) is 30.3 Å². The van der Waals surface area contributed by atoms with Crippen LogP contribution in [-0.2, 0) is 14.3 Å². The van der Waals surface area contributed by atoms with Gasteiger partial charge in [-0.1, -0.05) is 39.0 Å². The first kappa shape index (κ1) is 21.6. The van der Waals surface area contributed by atoms with Gasteiger partial charge in [-0.05, 0) is 44.0 Å². The first-order valence-electron chi connectivity index (χ1n) is 8.98. The van der Waals surface area contributed by atoms with Crippen molar-refractivity contribution in [3.63, 3.8) is 0 Å². The third kappa shape index (κ3) is 5.42. The maximum Gasteiger partial charge on any atom is 0.349 e. The molecule has 2 aromatic rings. The van der Waals surface area contributed by atoms with E-state index in [1.807, 2.05) is 45.9 Å². The van der Waals surface area contributed by atoms with E-state index in [0.717, 1.165) is 16.9 Å². The van der Waals surface area contributed by atoms with Crippen molar-refractivity contribution < 1.29 is 19.1 Å². The van der Waals surface area contributed by atoms with Crippen molar-refractivity contribution in [1.82, 2.24) is 0 Å². The monoisotopic (exact) mass is 402 g/mol. The Morgan fingerprint density at radius 3 is 2.29 bits per heavy atom. The average molecular weight is 403 g/mol. The third-order valence-corrected chi connectivity index (χ3v) is 5.21. The number of carbonyl (C=O) groups is 3. The van der Waals surface area contributed by atoms with Gasteiger partial charge in [-0.15, -0.1) is 11.3 Å². The molecule has 7 heteroatoms. The third-order valence-electron chi connectivity index (χ3n) is 4.08. The smallest absolute Gasteiger partial charge is 0.349 e. The Balaban J connectivity index is 2.03. The minimum Gasteiger partial charge on any atom is -0.448 e. The van der Waals surface area contributed by atoms with Gasteiger partial charge in [-0.25, -0.2) is 4.79 Å². The molecule has 1 aromatic heterocycles. The number of hydrogen-bond donors (Lipinski definition) is 2. The highest BCUT2D eigenvalue weighted by atomic mass is 32.1. The van der Waals surface area contributed by atoms with E-state index in [-0.39, 0.29) is 5.91 Å². The van der Waals surface area contributed by atoms with Crippen LogP contribution in [0, 0.1) is 19.3 Å². The summed E-state index contributed by atoms with van der Waals surface area (Å²) in [4.78, 5) is 37.3. The molecule has 150 valence electrons. The van der Waals surface area contributed by atoms with E-state index in [2.05, 4.69) is 10.6 Å². The van der Waals surface area contributed by atoms with Gasteiger partial charge in [0.25, 0.3) is 5.91 Å².